The van der Waals surface area contributed by atoms with Crippen LogP contribution < -0.4 is 9.64 Å². The molecule has 0 saturated carbocycles. The van der Waals surface area contributed by atoms with Crippen LogP contribution in [0.15, 0.2) is 30.5 Å². The minimum Gasteiger partial charge on any atom is -0.487 e. The minimum absolute atomic E-state index is 0.0902. The number of aromatic nitrogens is 1. The van der Waals surface area contributed by atoms with Crippen LogP contribution in [0.3, 0.4) is 0 Å². The molecule has 5 nitrogen and oxygen atoms in total. The first kappa shape index (κ1) is 17.9. The van der Waals surface area contributed by atoms with Crippen molar-refractivity contribution in [1.82, 2.24) is 4.98 Å². The highest BCUT2D eigenvalue weighted by Crippen LogP contribution is 2.33. The summed E-state index contributed by atoms with van der Waals surface area (Å²) in [4.78, 5) is 16.3. The number of aromatic carboxylic acids is 1. The molecule has 0 bridgehead atoms. The zero-order valence-corrected chi connectivity index (χ0v) is 12.9. The highest BCUT2D eigenvalue weighted by atomic mass is 19.4. The maximum atomic E-state index is 13.1. The molecule has 3 rings (SSSR count). The number of carboxylic acid groups (broad SMARTS) is 1. The van der Waals surface area contributed by atoms with Crippen molar-refractivity contribution >= 4 is 11.8 Å². The van der Waals surface area contributed by atoms with Gasteiger partial charge in [-0.25, -0.2) is 18.6 Å². The quantitative estimate of drug-likeness (QED) is 0.832. The van der Waals surface area contributed by atoms with Gasteiger partial charge in [0.15, 0.2) is 11.6 Å². The molecule has 0 atom stereocenters. The third kappa shape index (κ3) is 3.53. The fraction of sp³-hybridized carbons (Fsp3) is 0.250. The minimum atomic E-state index is -4.71. The molecule has 1 fully saturated rings. The SMILES string of the molecule is O=C(O)c1cc(C(F)(F)F)cnc1N1CC(Oc2ccc(F)c(F)c2)C1. The summed E-state index contributed by atoms with van der Waals surface area (Å²) in [6.45, 7) is 0.273. The topological polar surface area (TPSA) is 62.7 Å². The molecule has 0 radical (unpaired) electrons. The molecule has 1 aromatic heterocycles. The fourth-order valence-corrected chi connectivity index (χ4v) is 2.45. The maximum absolute atomic E-state index is 13.1. The lowest BCUT2D eigenvalue weighted by atomic mass is 10.1. The molecule has 0 amide bonds. The first-order chi connectivity index (χ1) is 12.1. The summed E-state index contributed by atoms with van der Waals surface area (Å²) in [5.74, 6) is -3.66. The summed E-state index contributed by atoms with van der Waals surface area (Å²) < 4.78 is 69.5. The predicted molar refractivity (Wildman–Crippen MR) is 79.2 cm³/mol. The van der Waals surface area contributed by atoms with E-state index in [0.29, 0.717) is 12.3 Å². The number of hydrogen-bond donors (Lipinski definition) is 1. The Kier molecular flexibility index (Phi) is 4.43. The highest BCUT2D eigenvalue weighted by Gasteiger charge is 2.36. The number of benzene rings is 1. The van der Waals surface area contributed by atoms with Crippen molar-refractivity contribution in [2.45, 2.75) is 12.3 Å². The molecule has 1 aliphatic heterocycles. The van der Waals surface area contributed by atoms with E-state index in [1.807, 2.05) is 0 Å². The number of rotatable bonds is 4. The number of halogens is 5. The van der Waals surface area contributed by atoms with Crippen molar-refractivity contribution in [2.24, 2.45) is 0 Å². The van der Waals surface area contributed by atoms with Gasteiger partial charge in [0.1, 0.15) is 23.2 Å². The number of carbonyl (C=O) groups is 1. The molecular weight excluding hydrogens is 363 g/mol. The van der Waals surface area contributed by atoms with Gasteiger partial charge in [-0.05, 0) is 18.2 Å². The average molecular weight is 374 g/mol. The molecule has 2 heterocycles. The van der Waals surface area contributed by atoms with E-state index in [1.165, 1.54) is 11.0 Å². The lowest BCUT2D eigenvalue weighted by molar-refractivity contribution is -0.137. The van der Waals surface area contributed by atoms with E-state index in [2.05, 4.69) is 4.98 Å². The van der Waals surface area contributed by atoms with E-state index in [-0.39, 0.29) is 24.7 Å². The second-order valence-electron chi connectivity index (χ2n) is 5.62. The Morgan fingerprint density at radius 1 is 1.19 bits per heavy atom. The summed E-state index contributed by atoms with van der Waals surface area (Å²) in [6.07, 6.45) is -4.61. The van der Waals surface area contributed by atoms with Crippen LogP contribution in [0.1, 0.15) is 15.9 Å². The molecule has 1 N–H and O–H groups in total. The predicted octanol–water partition coefficient (Wildman–Crippen LogP) is 3.34. The largest absolute Gasteiger partial charge is 0.487 e. The second kappa shape index (κ2) is 6.43. The Hall–Kier alpha value is -2.91. The molecule has 0 unspecified atom stereocenters. The van der Waals surface area contributed by atoms with Gasteiger partial charge < -0.3 is 14.7 Å². The van der Waals surface area contributed by atoms with Crippen LogP contribution in [0.4, 0.5) is 27.8 Å². The van der Waals surface area contributed by atoms with Gasteiger partial charge in [0.25, 0.3) is 0 Å². The van der Waals surface area contributed by atoms with Gasteiger partial charge in [0.05, 0.1) is 18.7 Å². The zero-order valence-electron chi connectivity index (χ0n) is 12.9. The van der Waals surface area contributed by atoms with E-state index >= 15 is 0 Å². The lowest BCUT2D eigenvalue weighted by Crippen LogP contribution is -2.54. The summed E-state index contributed by atoms with van der Waals surface area (Å²) in [5.41, 5.74) is -1.74. The molecule has 26 heavy (non-hydrogen) atoms. The molecule has 2 aromatic rings. The van der Waals surface area contributed by atoms with Gasteiger partial charge >= 0.3 is 12.1 Å². The third-order valence-electron chi connectivity index (χ3n) is 3.77. The van der Waals surface area contributed by atoms with Crippen molar-refractivity contribution in [3.05, 3.63) is 53.2 Å². The number of nitrogens with zero attached hydrogens (tertiary/aromatic N) is 2. The Morgan fingerprint density at radius 3 is 2.46 bits per heavy atom. The van der Waals surface area contributed by atoms with E-state index in [4.69, 9.17) is 9.84 Å². The average Bonchev–Trinajstić information content (AvgIpc) is 2.52. The third-order valence-corrected chi connectivity index (χ3v) is 3.77. The Labute approximate surface area is 143 Å². The van der Waals surface area contributed by atoms with E-state index in [9.17, 15) is 26.7 Å². The smallest absolute Gasteiger partial charge is 0.417 e. The maximum Gasteiger partial charge on any atom is 0.417 e. The van der Waals surface area contributed by atoms with Crippen LogP contribution in [0, 0.1) is 11.6 Å². The van der Waals surface area contributed by atoms with Crippen LogP contribution in [0.2, 0.25) is 0 Å². The fourth-order valence-electron chi connectivity index (χ4n) is 2.45. The van der Waals surface area contributed by atoms with E-state index < -0.39 is 41.0 Å². The van der Waals surface area contributed by atoms with Crippen molar-refractivity contribution in [2.75, 3.05) is 18.0 Å². The summed E-state index contributed by atoms with van der Waals surface area (Å²) >= 11 is 0. The van der Waals surface area contributed by atoms with Gasteiger partial charge in [-0.2, -0.15) is 13.2 Å². The normalized spacial score (nSPS) is 14.9. The Morgan fingerprint density at radius 2 is 1.88 bits per heavy atom. The van der Waals surface area contributed by atoms with E-state index in [0.717, 1.165) is 12.1 Å². The molecule has 10 heteroatoms. The molecule has 1 aliphatic rings. The van der Waals surface area contributed by atoms with Crippen LogP contribution in [-0.2, 0) is 6.18 Å². The number of pyridine rings is 1. The first-order valence-corrected chi connectivity index (χ1v) is 7.32. The highest BCUT2D eigenvalue weighted by molar-refractivity contribution is 5.93. The molecule has 1 aromatic carbocycles. The summed E-state index contributed by atoms with van der Waals surface area (Å²) in [5, 5.41) is 9.14. The van der Waals surface area contributed by atoms with Crippen LogP contribution >= 0.6 is 0 Å². The molecule has 1 saturated heterocycles. The van der Waals surface area contributed by atoms with Gasteiger partial charge in [0, 0.05) is 12.3 Å². The molecule has 138 valence electrons. The summed E-state index contributed by atoms with van der Waals surface area (Å²) in [6, 6.07) is 3.53. The van der Waals surface area contributed by atoms with Crippen LogP contribution in [0.5, 0.6) is 5.75 Å². The Balaban J connectivity index is 1.72. The van der Waals surface area contributed by atoms with E-state index in [1.54, 1.807) is 0 Å². The van der Waals surface area contributed by atoms with Crippen molar-refractivity contribution in [3.63, 3.8) is 0 Å². The number of anilines is 1. The van der Waals surface area contributed by atoms with Crippen molar-refractivity contribution in [1.29, 1.82) is 0 Å². The van der Waals surface area contributed by atoms with Crippen molar-refractivity contribution in [3.8, 4) is 5.75 Å². The number of hydrogen-bond acceptors (Lipinski definition) is 4. The standard InChI is InChI=1S/C16H11F5N2O3/c17-12-2-1-9(4-13(12)18)26-10-6-23(7-10)14-11(15(24)25)3-8(5-22-14)16(19,20)21/h1-5,10H,6-7H2,(H,24,25). The Bertz CT molecular complexity index is 850. The van der Waals surface area contributed by atoms with Gasteiger partial charge in [-0.15, -0.1) is 0 Å². The van der Waals surface area contributed by atoms with Gasteiger partial charge in [-0.3, -0.25) is 0 Å². The number of ether oxygens (including phenoxy) is 1. The second-order valence-corrected chi connectivity index (χ2v) is 5.62. The van der Waals surface area contributed by atoms with Crippen LogP contribution in [-0.4, -0.2) is 35.3 Å². The number of alkyl halides is 3. The van der Waals surface area contributed by atoms with Crippen LogP contribution in [0.25, 0.3) is 0 Å². The van der Waals surface area contributed by atoms with Gasteiger partial charge in [-0.1, -0.05) is 0 Å². The number of carboxylic acids is 1. The van der Waals surface area contributed by atoms with Crippen molar-refractivity contribution < 1.29 is 36.6 Å². The molecule has 0 aliphatic carbocycles. The summed E-state index contributed by atoms with van der Waals surface area (Å²) in [7, 11) is 0. The first-order valence-electron chi connectivity index (χ1n) is 7.32. The lowest BCUT2D eigenvalue weighted by Gasteiger charge is -2.40. The molecular formula is C16H11F5N2O3. The molecule has 0 spiro atoms. The zero-order chi connectivity index (χ0) is 19.1. The monoisotopic (exact) mass is 374 g/mol. The van der Waals surface area contributed by atoms with Gasteiger partial charge in [0.2, 0.25) is 0 Å².